The van der Waals surface area contributed by atoms with E-state index in [0.717, 1.165) is 25.7 Å². The summed E-state index contributed by atoms with van der Waals surface area (Å²) in [6.45, 7) is 10.0. The molecule has 0 aliphatic carbocycles. The third-order valence-electron chi connectivity index (χ3n) is 3.00. The number of hydrogen-bond acceptors (Lipinski definition) is 5. The lowest BCUT2D eigenvalue weighted by molar-refractivity contribution is -0.153. The summed E-state index contributed by atoms with van der Waals surface area (Å²) in [6.07, 6.45) is 3.00. The van der Waals surface area contributed by atoms with Crippen LogP contribution in [0.2, 0.25) is 0 Å². The molecule has 0 aromatic rings. The van der Waals surface area contributed by atoms with Crippen molar-refractivity contribution in [2.75, 3.05) is 26.4 Å². The van der Waals surface area contributed by atoms with E-state index < -0.39 is 0 Å². The third-order valence-corrected chi connectivity index (χ3v) is 3.00. The molecule has 0 radical (unpaired) electrons. The Labute approximate surface area is 119 Å². The molecule has 112 valence electrons. The first-order chi connectivity index (χ1) is 9.69. The fraction of sp³-hybridized carbons (Fsp3) is 0.786. The van der Waals surface area contributed by atoms with Crippen molar-refractivity contribution in [3.8, 4) is 0 Å². The molecule has 2 heterocycles. The Balaban J connectivity index is 0.000000200. The molecule has 2 aliphatic rings. The topological polar surface area (TPSA) is 66.2 Å². The van der Waals surface area contributed by atoms with Crippen LogP contribution in [0, 0.1) is 6.57 Å². The van der Waals surface area contributed by atoms with E-state index in [1.807, 2.05) is 0 Å². The van der Waals surface area contributed by atoms with E-state index in [4.69, 9.17) is 20.8 Å². The van der Waals surface area contributed by atoms with Gasteiger partial charge in [0.25, 0.3) is 6.54 Å². The number of ether oxygens (including phenoxy) is 3. The van der Waals surface area contributed by atoms with Gasteiger partial charge in [-0.1, -0.05) is 0 Å². The molecule has 0 aromatic carbocycles. The van der Waals surface area contributed by atoms with Crippen LogP contribution in [0.1, 0.15) is 32.6 Å². The van der Waals surface area contributed by atoms with E-state index in [0.29, 0.717) is 19.8 Å². The summed E-state index contributed by atoms with van der Waals surface area (Å²) in [6, 6.07) is 0. The molecule has 0 aromatic heterocycles. The van der Waals surface area contributed by atoms with Crippen LogP contribution in [0.5, 0.6) is 0 Å². The quantitative estimate of drug-likeness (QED) is 0.576. The molecule has 6 nitrogen and oxygen atoms in total. The van der Waals surface area contributed by atoms with E-state index in [1.54, 1.807) is 6.92 Å². The molecule has 0 N–H and O–H groups in total. The maximum absolute atomic E-state index is 10.9. The second-order valence-corrected chi connectivity index (χ2v) is 4.54. The van der Waals surface area contributed by atoms with Crippen molar-refractivity contribution in [2.45, 2.75) is 44.8 Å². The van der Waals surface area contributed by atoms with Crippen LogP contribution in [0.3, 0.4) is 0 Å². The number of nitrogens with zero attached hydrogens (tertiary/aromatic N) is 1. The van der Waals surface area contributed by atoms with Crippen molar-refractivity contribution >= 4 is 11.8 Å². The van der Waals surface area contributed by atoms with Crippen molar-refractivity contribution in [1.82, 2.24) is 0 Å². The smallest absolute Gasteiger partial charge is 0.335 e. The van der Waals surface area contributed by atoms with Gasteiger partial charge >= 0.3 is 5.97 Å². The van der Waals surface area contributed by atoms with Gasteiger partial charge in [-0.2, -0.15) is 0 Å². The summed E-state index contributed by atoms with van der Waals surface area (Å²) in [7, 11) is 0. The van der Waals surface area contributed by atoms with Gasteiger partial charge in [0.05, 0.1) is 6.61 Å². The fourth-order valence-electron chi connectivity index (χ4n) is 2.01. The van der Waals surface area contributed by atoms with Crippen LogP contribution in [-0.4, -0.2) is 50.3 Å². The Morgan fingerprint density at radius 2 is 1.80 bits per heavy atom. The molecule has 2 fully saturated rings. The summed E-state index contributed by atoms with van der Waals surface area (Å²) in [5, 5.41) is 0. The maximum atomic E-state index is 10.9. The van der Waals surface area contributed by atoms with Gasteiger partial charge in [-0.15, -0.1) is 0 Å². The van der Waals surface area contributed by atoms with Crippen LogP contribution in [0.15, 0.2) is 0 Å². The standard InChI is InChI=1S/C7H9NO2.C7H12O3/c1-8-5-6(9)7-3-2-4-10-7;1-2-9-7(8)6-4-3-5-10-6/h7H,2-5H2;6H,2-5H2,1H3. The largest absolute Gasteiger partial charge is 0.464 e. The first-order valence-electron chi connectivity index (χ1n) is 6.94. The van der Waals surface area contributed by atoms with Crippen LogP contribution in [-0.2, 0) is 23.8 Å². The Bertz CT molecular complexity index is 351. The molecule has 2 unspecified atom stereocenters. The molecule has 6 heteroatoms. The van der Waals surface area contributed by atoms with Crippen molar-refractivity contribution in [1.29, 1.82) is 0 Å². The fourth-order valence-corrected chi connectivity index (χ4v) is 2.01. The Morgan fingerprint density at radius 1 is 1.20 bits per heavy atom. The van der Waals surface area contributed by atoms with Crippen molar-refractivity contribution in [2.24, 2.45) is 0 Å². The highest BCUT2D eigenvalue weighted by atomic mass is 16.6. The van der Waals surface area contributed by atoms with Gasteiger partial charge in [-0.05, 0) is 32.6 Å². The van der Waals surface area contributed by atoms with Crippen LogP contribution < -0.4 is 0 Å². The highest BCUT2D eigenvalue weighted by molar-refractivity contribution is 5.86. The van der Waals surface area contributed by atoms with Gasteiger partial charge in [0.1, 0.15) is 6.10 Å². The zero-order valence-electron chi connectivity index (χ0n) is 11.8. The molecule has 2 rings (SSSR count). The number of carbonyl (C=O) groups is 2. The summed E-state index contributed by atoms with van der Waals surface area (Å²) >= 11 is 0. The third kappa shape index (κ3) is 5.68. The lowest BCUT2D eigenvalue weighted by Crippen LogP contribution is -2.21. The molecule has 0 saturated carbocycles. The number of carbonyl (C=O) groups excluding carboxylic acids is 2. The van der Waals surface area contributed by atoms with E-state index in [1.165, 1.54) is 0 Å². The van der Waals surface area contributed by atoms with E-state index in [9.17, 15) is 9.59 Å². The zero-order valence-corrected chi connectivity index (χ0v) is 11.8. The predicted molar refractivity (Wildman–Crippen MR) is 71.1 cm³/mol. The molecule has 20 heavy (non-hydrogen) atoms. The van der Waals surface area contributed by atoms with Gasteiger partial charge in [-0.3, -0.25) is 4.79 Å². The monoisotopic (exact) mass is 283 g/mol. The summed E-state index contributed by atoms with van der Waals surface area (Å²) in [5.74, 6) is -0.271. The number of ketones is 1. The minimum absolute atomic E-state index is 0.0231. The molecular formula is C14H21NO5. The minimum Gasteiger partial charge on any atom is -0.464 e. The van der Waals surface area contributed by atoms with Crippen molar-refractivity contribution in [3.05, 3.63) is 11.4 Å². The Kier molecular flexibility index (Phi) is 7.85. The van der Waals surface area contributed by atoms with Crippen LogP contribution in [0.4, 0.5) is 0 Å². The highest BCUT2D eigenvalue weighted by Gasteiger charge is 2.25. The second kappa shape index (κ2) is 9.45. The van der Waals surface area contributed by atoms with Gasteiger partial charge in [0.2, 0.25) is 5.78 Å². The molecule has 0 bridgehead atoms. The SMILES string of the molecule is CCOC(=O)C1CCCO1.[C-]#[N+]CC(=O)C1CCCO1. The highest BCUT2D eigenvalue weighted by Crippen LogP contribution is 2.13. The van der Waals surface area contributed by atoms with Crippen molar-refractivity contribution in [3.63, 3.8) is 0 Å². The first-order valence-corrected chi connectivity index (χ1v) is 6.94. The average molecular weight is 283 g/mol. The molecule has 2 aliphatic heterocycles. The second-order valence-electron chi connectivity index (χ2n) is 4.54. The Morgan fingerprint density at radius 3 is 2.25 bits per heavy atom. The number of esters is 1. The molecule has 0 spiro atoms. The maximum Gasteiger partial charge on any atom is 0.335 e. The summed E-state index contributed by atoms with van der Waals surface area (Å²) < 4.78 is 14.9. The first kappa shape index (κ1) is 16.6. The predicted octanol–water partition coefficient (Wildman–Crippen LogP) is 1.38. The van der Waals surface area contributed by atoms with Crippen LogP contribution in [0.25, 0.3) is 4.85 Å². The Hall–Kier alpha value is -1.45. The zero-order chi connectivity index (χ0) is 14.8. The normalized spacial score (nSPS) is 24.4. The summed E-state index contributed by atoms with van der Waals surface area (Å²) in [5.41, 5.74) is 0. The number of rotatable bonds is 4. The molecule has 2 saturated heterocycles. The van der Waals surface area contributed by atoms with Crippen LogP contribution >= 0.6 is 0 Å². The van der Waals surface area contributed by atoms with Gasteiger partial charge in [0.15, 0.2) is 6.10 Å². The van der Waals surface area contributed by atoms with Gasteiger partial charge in [0, 0.05) is 13.2 Å². The average Bonchev–Trinajstić information content (AvgIpc) is 3.14. The van der Waals surface area contributed by atoms with Gasteiger partial charge in [-0.25, -0.2) is 11.4 Å². The van der Waals surface area contributed by atoms with Gasteiger partial charge < -0.3 is 19.1 Å². The van der Waals surface area contributed by atoms with E-state index in [-0.39, 0.29) is 30.5 Å². The lowest BCUT2D eigenvalue weighted by Gasteiger charge is -2.06. The van der Waals surface area contributed by atoms with Crippen molar-refractivity contribution < 1.29 is 23.8 Å². The molecule has 0 amide bonds. The van der Waals surface area contributed by atoms with E-state index in [2.05, 4.69) is 4.85 Å². The number of hydrogen-bond donors (Lipinski definition) is 0. The molecular weight excluding hydrogens is 262 g/mol. The lowest BCUT2D eigenvalue weighted by atomic mass is 10.2. The van der Waals surface area contributed by atoms with E-state index >= 15 is 0 Å². The molecule has 2 atom stereocenters. The summed E-state index contributed by atoms with van der Waals surface area (Å²) in [4.78, 5) is 24.8. The minimum atomic E-state index is -0.278. The number of Topliss-reactive ketones (excluding diaryl/α,β-unsaturated/α-hetero) is 1.